The van der Waals surface area contributed by atoms with E-state index in [0.717, 1.165) is 23.2 Å². The van der Waals surface area contributed by atoms with E-state index in [4.69, 9.17) is 11.6 Å². The molecule has 1 heterocycles. The Balaban J connectivity index is 1.89. The van der Waals surface area contributed by atoms with E-state index in [-0.39, 0.29) is 6.04 Å². The highest BCUT2D eigenvalue weighted by molar-refractivity contribution is 6.30. The number of amides is 1. The zero-order chi connectivity index (χ0) is 13.9. The number of rotatable bonds is 3. The summed E-state index contributed by atoms with van der Waals surface area (Å²) in [7, 11) is 0. The summed E-state index contributed by atoms with van der Waals surface area (Å²) in [5.74, 6) is 0. The summed E-state index contributed by atoms with van der Waals surface area (Å²) in [5.41, 5.74) is 3.02. The summed E-state index contributed by atoms with van der Waals surface area (Å²) in [6, 6.07) is 17.4. The van der Waals surface area contributed by atoms with E-state index < -0.39 is 0 Å². The van der Waals surface area contributed by atoms with Gasteiger partial charge in [-0.2, -0.15) is 5.10 Å². The molecule has 0 aliphatic carbocycles. The number of nitrogens with zero attached hydrogens (tertiary/aromatic N) is 2. The van der Waals surface area contributed by atoms with Gasteiger partial charge in [0.15, 0.2) is 0 Å². The Hall–Kier alpha value is -2.13. The molecule has 1 aliphatic heterocycles. The predicted molar refractivity (Wildman–Crippen MR) is 79.7 cm³/mol. The summed E-state index contributed by atoms with van der Waals surface area (Å²) in [6.07, 6.45) is 1.49. The lowest BCUT2D eigenvalue weighted by Gasteiger charge is -2.17. The fourth-order valence-corrected chi connectivity index (χ4v) is 2.51. The van der Waals surface area contributed by atoms with E-state index in [9.17, 15) is 4.79 Å². The molecule has 0 unspecified atom stereocenters. The van der Waals surface area contributed by atoms with E-state index in [0.29, 0.717) is 11.4 Å². The molecule has 0 N–H and O–H groups in total. The van der Waals surface area contributed by atoms with Crippen molar-refractivity contribution in [2.24, 2.45) is 5.10 Å². The smallest absolute Gasteiger partial charge is 0.230 e. The van der Waals surface area contributed by atoms with Crippen LogP contribution in [-0.4, -0.2) is 17.1 Å². The topological polar surface area (TPSA) is 32.7 Å². The Morgan fingerprint density at radius 1 is 1.10 bits per heavy atom. The van der Waals surface area contributed by atoms with Crippen LogP contribution in [0.5, 0.6) is 0 Å². The van der Waals surface area contributed by atoms with Crippen LogP contribution in [0, 0.1) is 0 Å². The molecule has 2 aromatic carbocycles. The van der Waals surface area contributed by atoms with Crippen LogP contribution in [0.2, 0.25) is 5.02 Å². The van der Waals surface area contributed by atoms with Crippen LogP contribution in [0.25, 0.3) is 0 Å². The van der Waals surface area contributed by atoms with Gasteiger partial charge in [0.25, 0.3) is 0 Å². The molecule has 0 aromatic heterocycles. The van der Waals surface area contributed by atoms with Gasteiger partial charge >= 0.3 is 0 Å². The molecular formula is C16H13ClN2O. The van der Waals surface area contributed by atoms with Crippen LogP contribution in [0.1, 0.15) is 23.6 Å². The molecular weight excluding hydrogens is 272 g/mol. The van der Waals surface area contributed by atoms with E-state index in [1.165, 1.54) is 5.01 Å². The maximum Gasteiger partial charge on any atom is 0.230 e. The van der Waals surface area contributed by atoms with Crippen LogP contribution in [0.3, 0.4) is 0 Å². The lowest BCUT2D eigenvalue weighted by Crippen LogP contribution is -2.17. The lowest BCUT2D eigenvalue weighted by molar-refractivity contribution is -0.119. The van der Waals surface area contributed by atoms with Crippen molar-refractivity contribution in [3.8, 4) is 0 Å². The van der Waals surface area contributed by atoms with Crippen molar-refractivity contribution >= 4 is 23.7 Å². The third kappa shape index (κ3) is 2.45. The first-order valence-electron chi connectivity index (χ1n) is 6.40. The molecule has 0 bridgehead atoms. The maximum absolute atomic E-state index is 11.2. The van der Waals surface area contributed by atoms with Gasteiger partial charge in [-0.05, 0) is 23.3 Å². The Labute approximate surface area is 122 Å². The molecule has 0 radical (unpaired) electrons. The van der Waals surface area contributed by atoms with Gasteiger partial charge in [0.05, 0.1) is 11.8 Å². The summed E-state index contributed by atoms with van der Waals surface area (Å²) < 4.78 is 0. The van der Waals surface area contributed by atoms with E-state index in [2.05, 4.69) is 5.10 Å². The van der Waals surface area contributed by atoms with Crippen molar-refractivity contribution in [1.29, 1.82) is 0 Å². The molecule has 3 nitrogen and oxygen atoms in total. The van der Waals surface area contributed by atoms with Gasteiger partial charge in [-0.1, -0.05) is 54.1 Å². The van der Waals surface area contributed by atoms with Gasteiger partial charge in [0, 0.05) is 11.4 Å². The van der Waals surface area contributed by atoms with Gasteiger partial charge in [-0.15, -0.1) is 0 Å². The molecule has 1 aliphatic rings. The maximum atomic E-state index is 11.2. The first-order valence-corrected chi connectivity index (χ1v) is 6.78. The van der Waals surface area contributed by atoms with Crippen molar-refractivity contribution in [2.45, 2.75) is 12.5 Å². The Bertz CT molecular complexity index is 637. The molecule has 1 amide bonds. The fourth-order valence-electron chi connectivity index (χ4n) is 2.39. The monoisotopic (exact) mass is 284 g/mol. The first-order chi connectivity index (χ1) is 9.78. The number of hydrogen-bond donors (Lipinski definition) is 0. The molecule has 2 aromatic rings. The van der Waals surface area contributed by atoms with Gasteiger partial charge in [0.1, 0.15) is 0 Å². The molecule has 4 heteroatoms. The second-order valence-electron chi connectivity index (χ2n) is 4.67. The number of halogens is 1. The van der Waals surface area contributed by atoms with Crippen molar-refractivity contribution in [1.82, 2.24) is 5.01 Å². The van der Waals surface area contributed by atoms with Gasteiger partial charge in [-0.25, -0.2) is 5.01 Å². The summed E-state index contributed by atoms with van der Waals surface area (Å²) in [6.45, 7) is 0. The third-order valence-corrected chi connectivity index (χ3v) is 3.66. The molecule has 0 saturated carbocycles. The van der Waals surface area contributed by atoms with E-state index >= 15 is 0 Å². The Morgan fingerprint density at radius 3 is 2.45 bits per heavy atom. The average molecular weight is 285 g/mol. The standard InChI is InChI=1S/C16H13ClN2O/c17-14-8-6-13(7-9-14)16-10-15(18-19(16)11-20)12-4-2-1-3-5-12/h1-9,11,16H,10H2/t16-/m1/s1. The first kappa shape index (κ1) is 12.9. The molecule has 0 fully saturated rings. The van der Waals surface area contributed by atoms with E-state index in [1.54, 1.807) is 0 Å². The highest BCUT2D eigenvalue weighted by Gasteiger charge is 2.28. The minimum absolute atomic E-state index is 0.0556. The number of carbonyl (C=O) groups excluding carboxylic acids is 1. The summed E-state index contributed by atoms with van der Waals surface area (Å²) >= 11 is 5.90. The van der Waals surface area contributed by atoms with Crippen LogP contribution in [-0.2, 0) is 4.79 Å². The fraction of sp³-hybridized carbons (Fsp3) is 0.125. The zero-order valence-electron chi connectivity index (χ0n) is 10.7. The van der Waals surface area contributed by atoms with Crippen LogP contribution in [0.15, 0.2) is 59.7 Å². The predicted octanol–water partition coefficient (Wildman–Crippen LogP) is 3.65. The Morgan fingerprint density at radius 2 is 1.80 bits per heavy atom. The molecule has 100 valence electrons. The summed E-state index contributed by atoms with van der Waals surface area (Å²) in [4.78, 5) is 11.2. The normalized spacial score (nSPS) is 17.9. The second kappa shape index (κ2) is 5.47. The number of benzene rings is 2. The van der Waals surface area contributed by atoms with Crippen molar-refractivity contribution in [2.75, 3.05) is 0 Å². The Kier molecular flexibility index (Phi) is 3.52. The largest absolute Gasteiger partial charge is 0.277 e. The van der Waals surface area contributed by atoms with Crippen LogP contribution < -0.4 is 0 Å². The zero-order valence-corrected chi connectivity index (χ0v) is 11.5. The van der Waals surface area contributed by atoms with Crippen LogP contribution in [0.4, 0.5) is 0 Å². The molecule has 1 atom stereocenters. The van der Waals surface area contributed by atoms with Gasteiger partial charge < -0.3 is 0 Å². The van der Waals surface area contributed by atoms with Crippen molar-refractivity contribution in [3.63, 3.8) is 0 Å². The van der Waals surface area contributed by atoms with Gasteiger partial charge in [-0.3, -0.25) is 4.79 Å². The van der Waals surface area contributed by atoms with Crippen LogP contribution >= 0.6 is 11.6 Å². The van der Waals surface area contributed by atoms with Crippen molar-refractivity contribution in [3.05, 3.63) is 70.7 Å². The molecule has 20 heavy (non-hydrogen) atoms. The van der Waals surface area contributed by atoms with E-state index in [1.807, 2.05) is 54.6 Å². The average Bonchev–Trinajstić information content (AvgIpc) is 2.93. The highest BCUT2D eigenvalue weighted by Crippen LogP contribution is 2.31. The number of hydrazone groups is 1. The minimum Gasteiger partial charge on any atom is -0.277 e. The SMILES string of the molecule is O=CN1N=C(c2ccccc2)C[C@@H]1c1ccc(Cl)cc1. The number of hydrogen-bond acceptors (Lipinski definition) is 2. The highest BCUT2D eigenvalue weighted by atomic mass is 35.5. The third-order valence-electron chi connectivity index (χ3n) is 3.41. The van der Waals surface area contributed by atoms with Crippen molar-refractivity contribution < 1.29 is 4.79 Å². The number of carbonyl (C=O) groups is 1. The molecule has 3 rings (SSSR count). The second-order valence-corrected chi connectivity index (χ2v) is 5.11. The summed E-state index contributed by atoms with van der Waals surface area (Å²) in [5, 5.41) is 6.57. The minimum atomic E-state index is -0.0556. The lowest BCUT2D eigenvalue weighted by atomic mass is 9.99. The molecule has 0 spiro atoms. The quantitative estimate of drug-likeness (QED) is 0.792. The molecule has 0 saturated heterocycles. The van der Waals surface area contributed by atoms with Gasteiger partial charge in [0.2, 0.25) is 6.41 Å².